The van der Waals surface area contributed by atoms with Gasteiger partial charge in [-0.3, -0.25) is 9.79 Å². The first-order chi connectivity index (χ1) is 8.19. The maximum Gasteiger partial charge on any atom is 0.250 e. The van der Waals surface area contributed by atoms with Crippen molar-refractivity contribution in [2.45, 2.75) is 39.2 Å². The molecule has 0 bridgehead atoms. The molecule has 1 heterocycles. The van der Waals surface area contributed by atoms with E-state index in [2.05, 4.69) is 42.4 Å². The zero-order valence-electron chi connectivity index (χ0n) is 10.4. The van der Waals surface area contributed by atoms with Gasteiger partial charge in [0.05, 0.1) is 0 Å². The summed E-state index contributed by atoms with van der Waals surface area (Å²) in [5.41, 5.74) is 2.43. The molecule has 0 spiro atoms. The number of benzene rings is 1. The standard InChI is InChI=1S/C14H18N2O/c1-3-5-12-14(17)16-13(15-12)9-11-7-4-6-10(2)8-11/h4,6-8,12H,3,5,9H2,1-2H3,(H,15,16,17). The minimum absolute atomic E-state index is 0.0505. The zero-order valence-corrected chi connectivity index (χ0v) is 10.4. The summed E-state index contributed by atoms with van der Waals surface area (Å²) in [6.07, 6.45) is 2.54. The third kappa shape index (κ3) is 2.93. The number of amidine groups is 1. The molecule has 0 aliphatic carbocycles. The highest BCUT2D eigenvalue weighted by molar-refractivity contribution is 6.06. The van der Waals surface area contributed by atoms with E-state index in [0.717, 1.165) is 18.7 Å². The van der Waals surface area contributed by atoms with E-state index < -0.39 is 0 Å². The Kier molecular flexibility index (Phi) is 3.57. The van der Waals surface area contributed by atoms with Crippen molar-refractivity contribution in [3.05, 3.63) is 35.4 Å². The van der Waals surface area contributed by atoms with Crippen LogP contribution in [0.2, 0.25) is 0 Å². The van der Waals surface area contributed by atoms with Crippen molar-refractivity contribution >= 4 is 11.7 Å². The molecule has 3 nitrogen and oxygen atoms in total. The molecule has 0 saturated carbocycles. The number of carbonyl (C=O) groups is 1. The molecule has 1 unspecified atom stereocenters. The van der Waals surface area contributed by atoms with Crippen LogP contribution < -0.4 is 5.32 Å². The predicted molar refractivity (Wildman–Crippen MR) is 69.2 cm³/mol. The Morgan fingerprint density at radius 2 is 2.24 bits per heavy atom. The summed E-state index contributed by atoms with van der Waals surface area (Å²) in [6.45, 7) is 4.14. The lowest BCUT2D eigenvalue weighted by atomic mass is 10.1. The third-order valence-corrected chi connectivity index (χ3v) is 2.90. The van der Waals surface area contributed by atoms with Crippen LogP contribution in [0.15, 0.2) is 29.3 Å². The minimum Gasteiger partial charge on any atom is -0.312 e. The largest absolute Gasteiger partial charge is 0.312 e. The van der Waals surface area contributed by atoms with Crippen molar-refractivity contribution < 1.29 is 4.79 Å². The first-order valence-electron chi connectivity index (χ1n) is 6.12. The highest BCUT2D eigenvalue weighted by Crippen LogP contribution is 2.11. The van der Waals surface area contributed by atoms with Gasteiger partial charge in [-0.25, -0.2) is 0 Å². The number of hydrogen-bond donors (Lipinski definition) is 1. The van der Waals surface area contributed by atoms with Crippen molar-refractivity contribution in [1.29, 1.82) is 0 Å². The van der Waals surface area contributed by atoms with Crippen LogP contribution in [0.25, 0.3) is 0 Å². The first-order valence-corrected chi connectivity index (χ1v) is 6.12. The number of nitrogens with one attached hydrogen (secondary N) is 1. The molecule has 0 saturated heterocycles. The van der Waals surface area contributed by atoms with E-state index in [1.807, 2.05) is 6.07 Å². The van der Waals surface area contributed by atoms with Gasteiger partial charge in [0.15, 0.2) is 0 Å². The average Bonchev–Trinajstić information content (AvgIpc) is 2.60. The second-order valence-corrected chi connectivity index (χ2v) is 4.54. The van der Waals surface area contributed by atoms with Crippen LogP contribution in [0.1, 0.15) is 30.9 Å². The average molecular weight is 230 g/mol. The SMILES string of the molecule is CCCC1N=C(Cc2cccc(C)c2)NC1=O. The lowest BCUT2D eigenvalue weighted by Gasteiger charge is -2.02. The molecule has 17 heavy (non-hydrogen) atoms. The van der Waals surface area contributed by atoms with E-state index >= 15 is 0 Å². The topological polar surface area (TPSA) is 41.5 Å². The molecule has 0 fully saturated rings. The summed E-state index contributed by atoms with van der Waals surface area (Å²) in [5.74, 6) is 0.855. The minimum atomic E-state index is -0.167. The van der Waals surface area contributed by atoms with Crippen molar-refractivity contribution in [2.75, 3.05) is 0 Å². The van der Waals surface area contributed by atoms with Crippen LogP contribution >= 0.6 is 0 Å². The van der Waals surface area contributed by atoms with Gasteiger partial charge in [-0.15, -0.1) is 0 Å². The molecule has 1 aliphatic heterocycles. The third-order valence-electron chi connectivity index (χ3n) is 2.90. The van der Waals surface area contributed by atoms with Gasteiger partial charge in [-0.1, -0.05) is 43.2 Å². The summed E-state index contributed by atoms with van der Waals surface area (Å²) in [5, 5.41) is 2.87. The zero-order chi connectivity index (χ0) is 12.3. The molecule has 1 aromatic rings. The van der Waals surface area contributed by atoms with Crippen molar-refractivity contribution in [3.63, 3.8) is 0 Å². The van der Waals surface area contributed by atoms with Gasteiger partial charge >= 0.3 is 0 Å². The Morgan fingerprint density at radius 1 is 1.41 bits per heavy atom. The molecule has 0 aromatic heterocycles. The molecule has 0 radical (unpaired) electrons. The number of amides is 1. The second-order valence-electron chi connectivity index (χ2n) is 4.54. The van der Waals surface area contributed by atoms with Crippen LogP contribution in [0.4, 0.5) is 0 Å². The van der Waals surface area contributed by atoms with Gasteiger partial charge in [0.2, 0.25) is 5.91 Å². The lowest BCUT2D eigenvalue weighted by Crippen LogP contribution is -2.29. The van der Waals surface area contributed by atoms with Gasteiger partial charge in [0.1, 0.15) is 11.9 Å². The molecule has 1 amide bonds. The van der Waals surface area contributed by atoms with Crippen molar-refractivity contribution in [3.8, 4) is 0 Å². The van der Waals surface area contributed by atoms with Crippen LogP contribution in [-0.4, -0.2) is 17.8 Å². The van der Waals surface area contributed by atoms with E-state index in [4.69, 9.17) is 0 Å². The number of nitrogens with zero attached hydrogens (tertiary/aromatic N) is 1. The Morgan fingerprint density at radius 3 is 2.94 bits per heavy atom. The summed E-state index contributed by atoms with van der Waals surface area (Å²) >= 11 is 0. The Labute approximate surface area is 102 Å². The van der Waals surface area contributed by atoms with Gasteiger partial charge in [0.25, 0.3) is 0 Å². The quantitative estimate of drug-likeness (QED) is 0.846. The number of carbonyl (C=O) groups excluding carboxylic acids is 1. The summed E-state index contributed by atoms with van der Waals surface area (Å²) in [6, 6.07) is 8.13. The van der Waals surface area contributed by atoms with Gasteiger partial charge < -0.3 is 5.32 Å². The molecule has 1 aromatic carbocycles. The highest BCUT2D eigenvalue weighted by Gasteiger charge is 2.24. The predicted octanol–water partition coefficient (Wildman–Crippen LogP) is 2.23. The fraction of sp³-hybridized carbons (Fsp3) is 0.429. The van der Waals surface area contributed by atoms with Crippen LogP contribution in [0.3, 0.4) is 0 Å². The normalized spacial score (nSPS) is 19.1. The van der Waals surface area contributed by atoms with E-state index in [9.17, 15) is 4.79 Å². The fourth-order valence-electron chi connectivity index (χ4n) is 2.08. The number of hydrogen-bond acceptors (Lipinski definition) is 2. The van der Waals surface area contributed by atoms with Gasteiger partial charge in [-0.05, 0) is 18.9 Å². The van der Waals surface area contributed by atoms with Crippen molar-refractivity contribution in [1.82, 2.24) is 5.32 Å². The Bertz CT molecular complexity index is 451. The molecule has 3 heteroatoms. The molecular weight excluding hydrogens is 212 g/mol. The molecule has 90 valence electrons. The molecule has 1 aliphatic rings. The molecule has 2 rings (SSSR count). The van der Waals surface area contributed by atoms with Crippen LogP contribution in [-0.2, 0) is 11.2 Å². The van der Waals surface area contributed by atoms with E-state index in [1.54, 1.807) is 0 Å². The summed E-state index contributed by atoms with van der Waals surface area (Å²) in [4.78, 5) is 16.0. The smallest absolute Gasteiger partial charge is 0.250 e. The summed E-state index contributed by atoms with van der Waals surface area (Å²) < 4.78 is 0. The Hall–Kier alpha value is -1.64. The number of aliphatic imine (C=N–C) groups is 1. The monoisotopic (exact) mass is 230 g/mol. The van der Waals surface area contributed by atoms with E-state index in [0.29, 0.717) is 6.42 Å². The Balaban J connectivity index is 2.05. The van der Waals surface area contributed by atoms with Crippen LogP contribution in [0.5, 0.6) is 0 Å². The van der Waals surface area contributed by atoms with Crippen LogP contribution in [0, 0.1) is 6.92 Å². The lowest BCUT2D eigenvalue weighted by molar-refractivity contribution is -0.120. The number of rotatable bonds is 4. The highest BCUT2D eigenvalue weighted by atomic mass is 16.2. The molecule has 1 N–H and O–H groups in total. The number of aryl methyl sites for hydroxylation is 1. The second kappa shape index (κ2) is 5.13. The summed E-state index contributed by atoms with van der Waals surface area (Å²) in [7, 11) is 0. The van der Waals surface area contributed by atoms with Gasteiger partial charge in [0, 0.05) is 6.42 Å². The van der Waals surface area contributed by atoms with Gasteiger partial charge in [-0.2, -0.15) is 0 Å². The molecule has 1 atom stereocenters. The maximum absolute atomic E-state index is 11.6. The van der Waals surface area contributed by atoms with E-state index in [1.165, 1.54) is 11.1 Å². The maximum atomic E-state index is 11.6. The fourth-order valence-corrected chi connectivity index (χ4v) is 2.08. The van der Waals surface area contributed by atoms with E-state index in [-0.39, 0.29) is 11.9 Å². The van der Waals surface area contributed by atoms with Crippen molar-refractivity contribution in [2.24, 2.45) is 4.99 Å². The first kappa shape index (κ1) is 11.8. The molecular formula is C14H18N2O.